The summed E-state index contributed by atoms with van der Waals surface area (Å²) in [6.45, 7) is 0. The second kappa shape index (κ2) is 5.72. The number of rotatable bonds is 3. The van der Waals surface area contributed by atoms with E-state index in [-0.39, 0.29) is 4.90 Å². The van der Waals surface area contributed by atoms with Crippen molar-refractivity contribution in [1.82, 2.24) is 15.2 Å². The molecule has 2 heterocycles. The largest absolute Gasteiger partial charge is 0.338 e. The number of fused-ring (bicyclic) bond motifs is 2. The monoisotopic (exact) mass is 372 g/mol. The van der Waals surface area contributed by atoms with Crippen molar-refractivity contribution in [1.29, 1.82) is 0 Å². The van der Waals surface area contributed by atoms with Crippen molar-refractivity contribution in [2.45, 2.75) is 4.90 Å². The van der Waals surface area contributed by atoms with Gasteiger partial charge in [-0.3, -0.25) is 10.1 Å². The van der Waals surface area contributed by atoms with E-state index in [2.05, 4.69) is 20.5 Å². The average molecular weight is 373 g/mol. The van der Waals surface area contributed by atoms with Crippen LogP contribution in [0.25, 0.3) is 21.8 Å². The number of anilines is 2. The summed E-state index contributed by atoms with van der Waals surface area (Å²) in [4.78, 5) is 4.52. The number of nitrogens with one attached hydrogen (secondary N) is 2. The molecule has 0 unspecified atom stereocenters. The minimum atomic E-state index is -3.31. The fourth-order valence-corrected chi connectivity index (χ4v) is 3.62. The zero-order valence-electron chi connectivity index (χ0n) is 13.1. The minimum Gasteiger partial charge on any atom is -0.338 e. The van der Waals surface area contributed by atoms with Gasteiger partial charge in [0.2, 0.25) is 0 Å². The van der Waals surface area contributed by atoms with Crippen molar-refractivity contribution in [3.05, 3.63) is 53.7 Å². The summed E-state index contributed by atoms with van der Waals surface area (Å²) in [5.74, 6) is 0.567. The van der Waals surface area contributed by atoms with Crippen LogP contribution in [0.4, 0.5) is 11.5 Å². The first-order chi connectivity index (χ1) is 11.9. The smallest absolute Gasteiger partial charge is 0.175 e. The van der Waals surface area contributed by atoms with Crippen LogP contribution in [0.2, 0.25) is 5.02 Å². The molecule has 2 N–H and O–H groups in total. The molecule has 0 saturated carbocycles. The predicted octanol–water partition coefficient (Wildman–Crippen LogP) is 3.91. The zero-order valence-corrected chi connectivity index (χ0v) is 14.7. The van der Waals surface area contributed by atoms with Crippen LogP contribution in [-0.4, -0.2) is 29.9 Å². The van der Waals surface area contributed by atoms with Crippen LogP contribution >= 0.6 is 11.6 Å². The van der Waals surface area contributed by atoms with Gasteiger partial charge in [0.05, 0.1) is 32.0 Å². The van der Waals surface area contributed by atoms with Gasteiger partial charge in [-0.25, -0.2) is 8.42 Å². The molecule has 0 atom stereocenters. The average Bonchev–Trinajstić information content (AvgIpc) is 2.98. The van der Waals surface area contributed by atoms with Crippen LogP contribution in [0.3, 0.4) is 0 Å². The molecule has 4 rings (SSSR count). The maximum atomic E-state index is 11.8. The third-order valence-electron chi connectivity index (χ3n) is 3.93. The van der Waals surface area contributed by atoms with Crippen LogP contribution in [0, 0.1) is 0 Å². The van der Waals surface area contributed by atoms with E-state index in [1.807, 2.05) is 12.1 Å². The summed E-state index contributed by atoms with van der Waals surface area (Å²) in [6.07, 6.45) is 2.83. The number of sulfone groups is 1. The van der Waals surface area contributed by atoms with Crippen LogP contribution in [-0.2, 0) is 9.84 Å². The van der Waals surface area contributed by atoms with Gasteiger partial charge in [-0.1, -0.05) is 17.7 Å². The molecule has 0 spiro atoms. The number of hydrogen-bond acceptors (Lipinski definition) is 5. The van der Waals surface area contributed by atoms with Gasteiger partial charge in [-0.2, -0.15) is 5.10 Å². The highest BCUT2D eigenvalue weighted by atomic mass is 35.5. The molecule has 8 heteroatoms. The number of nitrogens with zero attached hydrogens (tertiary/aromatic N) is 2. The Morgan fingerprint density at radius 3 is 2.80 bits per heavy atom. The molecule has 0 fully saturated rings. The number of aromatic amines is 1. The van der Waals surface area contributed by atoms with Crippen molar-refractivity contribution >= 4 is 54.7 Å². The molecule has 0 aliphatic heterocycles. The Balaban J connectivity index is 1.89. The highest BCUT2D eigenvalue weighted by Gasteiger charge is 2.13. The minimum absolute atomic E-state index is 0.237. The quantitative estimate of drug-likeness (QED) is 0.569. The summed E-state index contributed by atoms with van der Waals surface area (Å²) >= 11 is 6.28. The van der Waals surface area contributed by atoms with Crippen molar-refractivity contribution in [3.63, 3.8) is 0 Å². The molecule has 0 amide bonds. The van der Waals surface area contributed by atoms with Gasteiger partial charge in [0.1, 0.15) is 0 Å². The second-order valence-electron chi connectivity index (χ2n) is 5.67. The van der Waals surface area contributed by atoms with Crippen molar-refractivity contribution in [2.24, 2.45) is 0 Å². The Labute approximate surface area is 148 Å². The van der Waals surface area contributed by atoms with Crippen LogP contribution in [0.1, 0.15) is 0 Å². The van der Waals surface area contributed by atoms with Crippen molar-refractivity contribution in [3.8, 4) is 0 Å². The van der Waals surface area contributed by atoms with E-state index >= 15 is 0 Å². The van der Waals surface area contributed by atoms with Crippen LogP contribution in [0.5, 0.6) is 0 Å². The third kappa shape index (κ3) is 2.81. The van der Waals surface area contributed by atoms with Crippen molar-refractivity contribution < 1.29 is 8.42 Å². The topological polar surface area (TPSA) is 87.7 Å². The lowest BCUT2D eigenvalue weighted by atomic mass is 10.2. The maximum absolute atomic E-state index is 11.8. The normalized spacial score (nSPS) is 11.9. The summed E-state index contributed by atoms with van der Waals surface area (Å²) in [5, 5.41) is 12.5. The first-order valence-electron chi connectivity index (χ1n) is 7.42. The molecule has 126 valence electrons. The van der Waals surface area contributed by atoms with Gasteiger partial charge in [-0.05, 0) is 36.4 Å². The number of aromatic nitrogens is 3. The SMILES string of the molecule is CS(=O)(=O)c1ccc2nccc(Nc3n[nH]c4cccc(Cl)c34)c2c1. The third-order valence-corrected chi connectivity index (χ3v) is 5.36. The fourth-order valence-electron chi connectivity index (χ4n) is 2.71. The summed E-state index contributed by atoms with van der Waals surface area (Å²) in [7, 11) is -3.31. The molecule has 0 aliphatic carbocycles. The van der Waals surface area contributed by atoms with E-state index in [1.165, 1.54) is 6.26 Å². The Morgan fingerprint density at radius 1 is 1.16 bits per heavy atom. The second-order valence-corrected chi connectivity index (χ2v) is 8.09. The summed E-state index contributed by atoms with van der Waals surface area (Å²) < 4.78 is 23.7. The Bertz CT molecular complexity index is 1220. The summed E-state index contributed by atoms with van der Waals surface area (Å²) in [6, 6.07) is 12.1. The number of benzene rings is 2. The molecule has 0 radical (unpaired) electrons. The molecule has 2 aromatic carbocycles. The Hall–Kier alpha value is -2.64. The highest BCUT2D eigenvalue weighted by Crippen LogP contribution is 2.32. The van der Waals surface area contributed by atoms with Gasteiger partial charge in [-0.15, -0.1) is 0 Å². The molecule has 25 heavy (non-hydrogen) atoms. The first kappa shape index (κ1) is 15.9. The first-order valence-corrected chi connectivity index (χ1v) is 9.69. The number of halogens is 1. The molecule has 6 nitrogen and oxygen atoms in total. The van der Waals surface area contributed by atoms with E-state index in [0.717, 1.165) is 10.9 Å². The maximum Gasteiger partial charge on any atom is 0.175 e. The lowest BCUT2D eigenvalue weighted by Crippen LogP contribution is -1.98. The van der Waals surface area contributed by atoms with E-state index in [4.69, 9.17) is 11.6 Å². The fraction of sp³-hybridized carbons (Fsp3) is 0.0588. The van der Waals surface area contributed by atoms with Gasteiger partial charge in [0, 0.05) is 17.8 Å². The molecule has 2 aromatic heterocycles. The lowest BCUT2D eigenvalue weighted by Gasteiger charge is -2.09. The molecule has 0 bridgehead atoms. The van der Waals surface area contributed by atoms with Crippen LogP contribution < -0.4 is 5.32 Å². The van der Waals surface area contributed by atoms with E-state index in [1.54, 1.807) is 36.5 Å². The number of pyridine rings is 1. The van der Waals surface area contributed by atoms with E-state index in [9.17, 15) is 8.42 Å². The van der Waals surface area contributed by atoms with E-state index < -0.39 is 9.84 Å². The number of hydrogen-bond donors (Lipinski definition) is 2. The highest BCUT2D eigenvalue weighted by molar-refractivity contribution is 7.90. The zero-order chi connectivity index (χ0) is 17.6. The molecular formula is C17H13ClN4O2S. The van der Waals surface area contributed by atoms with Gasteiger partial charge < -0.3 is 5.32 Å². The van der Waals surface area contributed by atoms with Gasteiger partial charge >= 0.3 is 0 Å². The van der Waals surface area contributed by atoms with Gasteiger partial charge in [0.15, 0.2) is 15.7 Å². The molecule has 4 aromatic rings. The van der Waals surface area contributed by atoms with Gasteiger partial charge in [0.25, 0.3) is 0 Å². The standard InChI is InChI=1S/C17H13ClN4O2S/c1-25(23,24)10-5-6-13-11(9-10)14(7-8-19-13)20-17-16-12(18)3-2-4-15(16)21-22-17/h2-9H,1H3,(H2,19,20,21,22). The van der Waals surface area contributed by atoms with Crippen LogP contribution in [0.15, 0.2) is 53.6 Å². The summed E-state index contributed by atoms with van der Waals surface area (Å²) in [5.41, 5.74) is 2.19. The predicted molar refractivity (Wildman–Crippen MR) is 99.2 cm³/mol. The Morgan fingerprint density at radius 2 is 2.00 bits per heavy atom. The Kier molecular flexibility index (Phi) is 3.63. The molecular weight excluding hydrogens is 360 g/mol. The molecule has 0 saturated heterocycles. The lowest BCUT2D eigenvalue weighted by molar-refractivity contribution is 0.602. The molecule has 0 aliphatic rings. The number of H-pyrrole nitrogens is 1. The van der Waals surface area contributed by atoms with E-state index in [0.29, 0.717) is 27.4 Å². The van der Waals surface area contributed by atoms with Crippen molar-refractivity contribution in [2.75, 3.05) is 11.6 Å².